The average molecular weight is 636 g/mol. The van der Waals surface area contributed by atoms with Gasteiger partial charge in [0.05, 0.1) is 25.5 Å². The first kappa shape index (κ1) is 34.6. The first-order valence-corrected chi connectivity index (χ1v) is 15.0. The van der Waals surface area contributed by atoms with Crippen LogP contribution in [0.15, 0.2) is 15.8 Å². The number of H-pyrrole nitrogens is 1. The third-order valence-corrected chi connectivity index (χ3v) is 8.58. The fraction of sp³-hybridized carbons (Fsp3) is 0.727. The van der Waals surface area contributed by atoms with Crippen LogP contribution >= 0.6 is 31.1 Å². The third kappa shape index (κ3) is 8.92. The summed E-state index contributed by atoms with van der Waals surface area (Å²) in [5.41, 5.74) is -3.28. The molecule has 18 heteroatoms. The molecule has 0 spiro atoms. The van der Waals surface area contributed by atoms with Crippen molar-refractivity contribution in [2.75, 3.05) is 19.0 Å². The fourth-order valence-electron chi connectivity index (χ4n) is 3.16. The molecule has 1 saturated heterocycles. The summed E-state index contributed by atoms with van der Waals surface area (Å²) in [7, 11) is -4.42. The van der Waals surface area contributed by atoms with E-state index in [0.717, 1.165) is 11.8 Å². The summed E-state index contributed by atoms with van der Waals surface area (Å²) in [5.74, 6) is -2.17. The Morgan fingerprint density at radius 3 is 2.52 bits per heavy atom. The van der Waals surface area contributed by atoms with Crippen molar-refractivity contribution in [1.29, 1.82) is 0 Å². The number of rotatable bonds is 12. The first-order chi connectivity index (χ1) is 18.3. The Hall–Kier alpha value is -1.65. The van der Waals surface area contributed by atoms with Gasteiger partial charge in [0.1, 0.15) is 18.2 Å². The number of aromatic nitrogens is 2. The number of aliphatic hydroxyl groups excluding tert-OH is 1. The van der Waals surface area contributed by atoms with Gasteiger partial charge in [-0.1, -0.05) is 44.1 Å². The van der Waals surface area contributed by atoms with Crippen LogP contribution < -0.4 is 16.3 Å². The van der Waals surface area contributed by atoms with Crippen LogP contribution in [0.25, 0.3) is 0 Å². The maximum atomic E-state index is 15.2. The zero-order valence-electron chi connectivity index (χ0n) is 22.6. The van der Waals surface area contributed by atoms with Gasteiger partial charge in [0.25, 0.3) is 10.7 Å². The number of esters is 1. The lowest BCUT2D eigenvalue weighted by Gasteiger charge is -2.25. The molecule has 2 heterocycles. The maximum Gasteiger partial charge on any atom is 0.406 e. The van der Waals surface area contributed by atoms with Gasteiger partial charge in [-0.3, -0.25) is 33.0 Å². The molecule has 0 aromatic carbocycles. The van der Waals surface area contributed by atoms with Crippen molar-refractivity contribution in [1.82, 2.24) is 14.6 Å². The molecule has 0 aliphatic carbocycles. The van der Waals surface area contributed by atoms with E-state index in [9.17, 15) is 33.2 Å². The normalized spacial score (nSPS) is 25.5. The third-order valence-electron chi connectivity index (χ3n) is 5.21. The molecule has 3 N–H and O–H groups in total. The Bertz CT molecular complexity index is 1240. The number of ether oxygens (including phenoxy) is 2. The molecule has 1 aliphatic rings. The number of carbonyl (C=O) groups is 2. The number of nitrogens with one attached hydrogen (secondary N) is 2. The molecule has 1 aromatic rings. The maximum absolute atomic E-state index is 15.2. The van der Waals surface area contributed by atoms with Gasteiger partial charge in [0, 0.05) is 11.2 Å². The Labute approximate surface area is 237 Å². The van der Waals surface area contributed by atoms with Crippen molar-refractivity contribution in [2.45, 2.75) is 77.3 Å². The zero-order chi connectivity index (χ0) is 30.6. The lowest BCUT2D eigenvalue weighted by molar-refractivity contribution is -0.149. The molecular formula is C22H33ClF2N3O10PS. The number of hydrogen-bond donors (Lipinski definition) is 3. The Morgan fingerprint density at radius 2 is 1.95 bits per heavy atom. The van der Waals surface area contributed by atoms with E-state index >= 15 is 4.39 Å². The van der Waals surface area contributed by atoms with E-state index < -0.39 is 78.5 Å². The molecule has 40 heavy (non-hydrogen) atoms. The summed E-state index contributed by atoms with van der Waals surface area (Å²) in [4.78, 5) is 49.4. The fourth-order valence-corrected chi connectivity index (χ4v) is 5.84. The molecule has 0 unspecified atom stereocenters. The summed E-state index contributed by atoms with van der Waals surface area (Å²) in [6, 6.07) is -1.21. The van der Waals surface area contributed by atoms with Crippen LogP contribution in [-0.4, -0.2) is 74.2 Å². The highest BCUT2D eigenvalue weighted by molar-refractivity contribution is 8.13. The van der Waals surface area contributed by atoms with Gasteiger partial charge in [0.15, 0.2) is 11.3 Å². The van der Waals surface area contributed by atoms with Crippen molar-refractivity contribution >= 4 is 42.2 Å². The molecule has 1 fully saturated rings. The van der Waals surface area contributed by atoms with Gasteiger partial charge in [-0.15, -0.1) is 0 Å². The monoisotopic (exact) mass is 635 g/mol. The molecule has 228 valence electrons. The Balaban J connectivity index is 2.19. The Morgan fingerprint density at radius 1 is 1.32 bits per heavy atom. The molecule has 1 aromatic heterocycles. The second-order valence-corrected chi connectivity index (χ2v) is 13.6. The van der Waals surface area contributed by atoms with Gasteiger partial charge in [-0.25, -0.2) is 18.8 Å². The largest absolute Gasteiger partial charge is 0.462 e. The minimum Gasteiger partial charge on any atom is -0.462 e. The molecule has 1 aliphatic heterocycles. The molecule has 0 bridgehead atoms. The van der Waals surface area contributed by atoms with Gasteiger partial charge < -0.3 is 14.6 Å². The number of hydrogen-bond acceptors (Lipinski definition) is 11. The van der Waals surface area contributed by atoms with Crippen molar-refractivity contribution in [2.24, 2.45) is 5.41 Å². The van der Waals surface area contributed by atoms with Crippen LogP contribution in [0.2, 0.25) is 0 Å². The smallest absolute Gasteiger partial charge is 0.406 e. The SMILES string of the molecule is CC(C)OC(=O)[C@@H](C)N[P@@](=O)(OCCSC(=O)C(C)(C)C)OC[C@H]1O[C@@H](n2cc(F)c(=O)[nH]c2=O)[C@@](F)(Cl)[C@@H]1O. The standard InChI is InChI=1S/C22H33ClF2N3O10PS/c1-11(2)37-17(31)12(3)27-39(34,35-7-8-40-19(32)21(4,5)6)36-10-14-15(29)22(23,25)18(38-14)28-9-13(24)16(30)26-20(28)33/h9,11-12,14-15,18,29H,7-8,10H2,1-6H3,(H,27,34)(H,26,30,33)/t12-,14-,15-,18-,22-,39-/m1/s1. The van der Waals surface area contributed by atoms with Crippen molar-refractivity contribution in [3.05, 3.63) is 32.9 Å². The highest BCUT2D eigenvalue weighted by atomic mass is 35.5. The number of thioether (sulfide) groups is 1. The van der Waals surface area contributed by atoms with E-state index in [0.29, 0.717) is 10.8 Å². The van der Waals surface area contributed by atoms with Crippen LogP contribution in [0.4, 0.5) is 8.78 Å². The van der Waals surface area contributed by atoms with Crippen LogP contribution in [-0.2, 0) is 32.7 Å². The van der Waals surface area contributed by atoms with Gasteiger partial charge in [-0.2, -0.15) is 4.39 Å². The first-order valence-electron chi connectivity index (χ1n) is 12.1. The molecule has 0 saturated carbocycles. The predicted octanol–water partition coefficient (Wildman–Crippen LogP) is 2.22. The van der Waals surface area contributed by atoms with E-state index in [2.05, 4.69) is 5.09 Å². The van der Waals surface area contributed by atoms with Crippen LogP contribution in [0, 0.1) is 11.2 Å². The molecule has 2 rings (SSSR count). The lowest BCUT2D eigenvalue weighted by atomic mass is 10.00. The van der Waals surface area contributed by atoms with E-state index in [4.69, 9.17) is 30.1 Å². The highest BCUT2D eigenvalue weighted by Crippen LogP contribution is 2.48. The number of halogens is 3. The highest BCUT2D eigenvalue weighted by Gasteiger charge is 2.58. The number of aliphatic hydroxyl groups is 1. The summed E-state index contributed by atoms with van der Waals surface area (Å²) in [5, 5.41) is 9.43. The number of nitrogens with zero attached hydrogens (tertiary/aromatic N) is 1. The van der Waals surface area contributed by atoms with Gasteiger partial charge >= 0.3 is 19.4 Å². The topological polar surface area (TPSA) is 175 Å². The van der Waals surface area contributed by atoms with E-state index in [-0.39, 0.29) is 17.5 Å². The molecule has 13 nitrogen and oxygen atoms in total. The van der Waals surface area contributed by atoms with Gasteiger partial charge in [-0.05, 0) is 20.8 Å². The van der Waals surface area contributed by atoms with Crippen molar-refractivity contribution in [3.63, 3.8) is 0 Å². The molecule has 6 atom stereocenters. The zero-order valence-corrected chi connectivity index (χ0v) is 25.1. The Kier molecular flexibility index (Phi) is 11.7. The van der Waals surface area contributed by atoms with E-state index in [1.807, 2.05) is 0 Å². The van der Waals surface area contributed by atoms with E-state index in [1.54, 1.807) is 39.6 Å². The number of alkyl halides is 2. The average Bonchev–Trinajstić information content (AvgIpc) is 3.05. The number of carbonyl (C=O) groups excluding carboxylic acids is 2. The van der Waals surface area contributed by atoms with Crippen molar-refractivity contribution in [3.8, 4) is 0 Å². The number of aromatic amines is 1. The van der Waals surface area contributed by atoms with E-state index in [1.165, 1.54) is 6.92 Å². The second-order valence-electron chi connectivity index (χ2n) is 10.1. The van der Waals surface area contributed by atoms with Crippen molar-refractivity contribution < 1.29 is 46.6 Å². The molecule has 0 radical (unpaired) electrons. The molecule has 0 amide bonds. The lowest BCUT2D eigenvalue weighted by Crippen LogP contribution is -2.42. The predicted molar refractivity (Wildman–Crippen MR) is 141 cm³/mol. The van der Waals surface area contributed by atoms with Gasteiger partial charge in [0.2, 0.25) is 5.82 Å². The van der Waals surface area contributed by atoms with Crippen LogP contribution in [0.1, 0.15) is 47.8 Å². The summed E-state index contributed by atoms with van der Waals surface area (Å²) in [6.45, 7) is 8.56. The van der Waals surface area contributed by atoms with Crippen LogP contribution in [0.3, 0.4) is 0 Å². The second kappa shape index (κ2) is 13.6. The quantitative estimate of drug-likeness (QED) is 0.132. The van der Waals surface area contributed by atoms with Crippen LogP contribution in [0.5, 0.6) is 0 Å². The summed E-state index contributed by atoms with van der Waals surface area (Å²) >= 11 is 6.71. The molecular weight excluding hydrogens is 603 g/mol. The summed E-state index contributed by atoms with van der Waals surface area (Å²) < 4.78 is 63.8. The summed E-state index contributed by atoms with van der Waals surface area (Å²) in [6.07, 6.45) is -6.13. The minimum absolute atomic E-state index is 0.0660. The minimum atomic E-state index is -4.42.